The summed E-state index contributed by atoms with van der Waals surface area (Å²) < 4.78 is 0. The van der Waals surface area contributed by atoms with Crippen molar-refractivity contribution >= 4 is 0 Å². The molecule has 0 spiro atoms. The third kappa shape index (κ3) is 5.24. The summed E-state index contributed by atoms with van der Waals surface area (Å²) in [6.45, 7) is 2.23. The van der Waals surface area contributed by atoms with Crippen molar-refractivity contribution in [3.8, 4) is 0 Å². The molecule has 1 atom stereocenters. The van der Waals surface area contributed by atoms with Crippen LogP contribution in [0, 0.1) is 0 Å². The van der Waals surface area contributed by atoms with Gasteiger partial charge in [0, 0.05) is 18.4 Å². The lowest BCUT2D eigenvalue weighted by Crippen LogP contribution is -2.36. The first kappa shape index (κ1) is 13.1. The van der Waals surface area contributed by atoms with Crippen LogP contribution >= 0.6 is 0 Å². The van der Waals surface area contributed by atoms with Crippen LogP contribution in [-0.4, -0.2) is 11.0 Å². The lowest BCUT2D eigenvalue weighted by molar-refractivity contribution is 0.462. The van der Waals surface area contributed by atoms with E-state index in [-0.39, 0.29) is 0 Å². The van der Waals surface area contributed by atoms with E-state index >= 15 is 0 Å². The zero-order valence-corrected chi connectivity index (χ0v) is 10.2. The summed E-state index contributed by atoms with van der Waals surface area (Å²) >= 11 is 0. The summed E-state index contributed by atoms with van der Waals surface area (Å²) in [4.78, 5) is 4.11. The van der Waals surface area contributed by atoms with Gasteiger partial charge in [-0.05, 0) is 24.5 Å². The van der Waals surface area contributed by atoms with Crippen molar-refractivity contribution in [3.05, 3.63) is 30.1 Å². The van der Waals surface area contributed by atoms with Crippen LogP contribution in [-0.2, 0) is 6.42 Å². The van der Waals surface area contributed by atoms with Crippen molar-refractivity contribution < 1.29 is 0 Å². The van der Waals surface area contributed by atoms with E-state index in [0.29, 0.717) is 6.04 Å². The smallest absolute Gasteiger partial charge is 0.0300 e. The highest BCUT2D eigenvalue weighted by atomic mass is 15.2. The topological polar surface area (TPSA) is 50.9 Å². The lowest BCUT2D eigenvalue weighted by atomic mass is 10.0. The first-order valence-electron chi connectivity index (χ1n) is 6.21. The molecule has 0 amide bonds. The summed E-state index contributed by atoms with van der Waals surface area (Å²) in [6.07, 6.45) is 11.0. The number of aromatic nitrogens is 1. The molecule has 0 saturated heterocycles. The maximum atomic E-state index is 5.56. The largest absolute Gasteiger partial charge is 0.271 e. The molecule has 0 bridgehead atoms. The van der Waals surface area contributed by atoms with Crippen molar-refractivity contribution in [1.82, 2.24) is 10.4 Å². The fourth-order valence-electron chi connectivity index (χ4n) is 1.87. The summed E-state index contributed by atoms with van der Waals surface area (Å²) in [7, 11) is 0. The molecule has 0 fully saturated rings. The molecule has 1 aromatic rings. The Morgan fingerprint density at radius 2 is 2.25 bits per heavy atom. The summed E-state index contributed by atoms with van der Waals surface area (Å²) in [5.41, 5.74) is 4.15. The van der Waals surface area contributed by atoms with Gasteiger partial charge in [0.1, 0.15) is 0 Å². The van der Waals surface area contributed by atoms with Crippen LogP contribution in [0.2, 0.25) is 0 Å². The normalized spacial score (nSPS) is 12.6. The molecule has 0 aliphatic heterocycles. The maximum Gasteiger partial charge on any atom is 0.0300 e. The van der Waals surface area contributed by atoms with E-state index in [1.165, 1.54) is 31.2 Å². The molecule has 3 nitrogen and oxygen atoms in total. The first-order valence-corrected chi connectivity index (χ1v) is 6.21. The van der Waals surface area contributed by atoms with Gasteiger partial charge in [-0.2, -0.15) is 0 Å². The average Bonchev–Trinajstić information content (AvgIpc) is 2.34. The molecule has 1 unspecified atom stereocenters. The van der Waals surface area contributed by atoms with Gasteiger partial charge in [-0.1, -0.05) is 38.7 Å². The minimum Gasteiger partial charge on any atom is -0.271 e. The van der Waals surface area contributed by atoms with Crippen LogP contribution in [0.4, 0.5) is 0 Å². The first-order chi connectivity index (χ1) is 7.86. The third-order valence-corrected chi connectivity index (χ3v) is 2.85. The zero-order valence-electron chi connectivity index (χ0n) is 10.2. The minimum absolute atomic E-state index is 0.376. The molecule has 3 heteroatoms. The quantitative estimate of drug-likeness (QED) is 0.403. The minimum atomic E-state index is 0.376. The Balaban J connectivity index is 2.26. The average molecular weight is 221 g/mol. The molecule has 3 N–H and O–H groups in total. The number of hydrazine groups is 1. The fourth-order valence-corrected chi connectivity index (χ4v) is 1.87. The van der Waals surface area contributed by atoms with Crippen LogP contribution in [0.3, 0.4) is 0 Å². The molecule has 0 radical (unpaired) electrons. The molecule has 16 heavy (non-hydrogen) atoms. The third-order valence-electron chi connectivity index (χ3n) is 2.85. The SMILES string of the molecule is CCCCCCC(Cc1cccnc1)NN. The monoisotopic (exact) mass is 221 g/mol. The summed E-state index contributed by atoms with van der Waals surface area (Å²) in [5, 5.41) is 0. The van der Waals surface area contributed by atoms with E-state index in [1.54, 1.807) is 6.20 Å². The van der Waals surface area contributed by atoms with Crippen molar-refractivity contribution in [3.63, 3.8) is 0 Å². The number of unbranched alkanes of at least 4 members (excludes halogenated alkanes) is 3. The highest BCUT2D eigenvalue weighted by molar-refractivity contribution is 5.09. The van der Waals surface area contributed by atoms with Crippen LogP contribution in [0.1, 0.15) is 44.6 Å². The van der Waals surface area contributed by atoms with Gasteiger partial charge in [-0.25, -0.2) is 0 Å². The lowest BCUT2D eigenvalue weighted by Gasteiger charge is -2.15. The van der Waals surface area contributed by atoms with Crippen LogP contribution in [0.5, 0.6) is 0 Å². The Labute approximate surface area is 98.4 Å². The van der Waals surface area contributed by atoms with Gasteiger partial charge in [0.2, 0.25) is 0 Å². The van der Waals surface area contributed by atoms with Gasteiger partial charge in [-0.3, -0.25) is 16.3 Å². The molecule has 1 rings (SSSR count). The Morgan fingerprint density at radius 3 is 2.88 bits per heavy atom. The maximum absolute atomic E-state index is 5.56. The van der Waals surface area contributed by atoms with Gasteiger partial charge < -0.3 is 0 Å². The molecule has 1 aromatic heterocycles. The molecular weight excluding hydrogens is 198 g/mol. The number of nitrogens with two attached hydrogens (primary N) is 1. The van der Waals surface area contributed by atoms with Crippen LogP contribution < -0.4 is 11.3 Å². The molecule has 0 aromatic carbocycles. The molecule has 0 aliphatic rings. The van der Waals surface area contributed by atoms with Gasteiger partial charge in [0.05, 0.1) is 0 Å². The van der Waals surface area contributed by atoms with Crippen molar-refractivity contribution in [1.29, 1.82) is 0 Å². The number of nitrogens with one attached hydrogen (secondary N) is 1. The standard InChI is InChI=1S/C13H23N3/c1-2-3-4-5-8-13(16-14)10-12-7-6-9-15-11-12/h6-7,9,11,13,16H,2-5,8,10,14H2,1H3. The molecule has 90 valence electrons. The van der Waals surface area contributed by atoms with E-state index in [1.807, 2.05) is 12.3 Å². The second-order valence-electron chi connectivity index (χ2n) is 4.28. The number of pyridine rings is 1. The molecule has 0 aliphatic carbocycles. The summed E-state index contributed by atoms with van der Waals surface area (Å²) in [6, 6.07) is 4.45. The Kier molecular flexibility index (Phi) is 6.77. The Hall–Kier alpha value is -0.930. The fraction of sp³-hybridized carbons (Fsp3) is 0.615. The number of nitrogens with zero attached hydrogens (tertiary/aromatic N) is 1. The van der Waals surface area contributed by atoms with Gasteiger partial charge in [-0.15, -0.1) is 0 Å². The number of rotatable bonds is 8. The molecule has 0 saturated carbocycles. The van der Waals surface area contributed by atoms with Crippen molar-refractivity contribution in [2.75, 3.05) is 0 Å². The van der Waals surface area contributed by atoms with Crippen LogP contribution in [0.25, 0.3) is 0 Å². The van der Waals surface area contributed by atoms with E-state index in [4.69, 9.17) is 5.84 Å². The second-order valence-corrected chi connectivity index (χ2v) is 4.28. The van der Waals surface area contributed by atoms with Gasteiger partial charge in [0.15, 0.2) is 0 Å². The van der Waals surface area contributed by atoms with Crippen LogP contribution in [0.15, 0.2) is 24.5 Å². The Morgan fingerprint density at radius 1 is 1.38 bits per heavy atom. The highest BCUT2D eigenvalue weighted by Crippen LogP contribution is 2.09. The summed E-state index contributed by atoms with van der Waals surface area (Å²) in [5.74, 6) is 5.56. The van der Waals surface area contributed by atoms with Gasteiger partial charge in [0.25, 0.3) is 0 Å². The zero-order chi connectivity index (χ0) is 11.6. The van der Waals surface area contributed by atoms with E-state index in [0.717, 1.165) is 12.8 Å². The number of hydrogen-bond donors (Lipinski definition) is 2. The highest BCUT2D eigenvalue weighted by Gasteiger charge is 2.07. The second kappa shape index (κ2) is 8.25. The predicted molar refractivity (Wildman–Crippen MR) is 67.8 cm³/mol. The van der Waals surface area contributed by atoms with Crippen molar-refractivity contribution in [2.24, 2.45) is 5.84 Å². The van der Waals surface area contributed by atoms with E-state index in [9.17, 15) is 0 Å². The van der Waals surface area contributed by atoms with Crippen molar-refractivity contribution in [2.45, 2.75) is 51.5 Å². The molecular formula is C13H23N3. The molecule has 1 heterocycles. The Bertz CT molecular complexity index is 261. The van der Waals surface area contributed by atoms with E-state index in [2.05, 4.69) is 23.4 Å². The number of hydrogen-bond acceptors (Lipinski definition) is 3. The van der Waals surface area contributed by atoms with E-state index < -0.39 is 0 Å². The van der Waals surface area contributed by atoms with Gasteiger partial charge >= 0.3 is 0 Å². The predicted octanol–water partition coefficient (Wildman–Crippen LogP) is 2.43.